The van der Waals surface area contributed by atoms with Gasteiger partial charge in [0.2, 0.25) is 8.32 Å². The summed E-state index contributed by atoms with van der Waals surface area (Å²) in [5.74, 6) is -0.0427. The van der Waals surface area contributed by atoms with Crippen LogP contribution in [-0.2, 0) is 9.22 Å². The minimum atomic E-state index is -1.69. The van der Waals surface area contributed by atoms with Gasteiger partial charge in [0.05, 0.1) is 0 Å². The van der Waals surface area contributed by atoms with Gasteiger partial charge in [-0.25, -0.2) is 0 Å². The molecule has 0 aromatic heterocycles. The summed E-state index contributed by atoms with van der Waals surface area (Å²) in [5, 5.41) is 3.19. The van der Waals surface area contributed by atoms with Crippen molar-refractivity contribution in [1.82, 2.24) is 5.32 Å². The second-order valence-electron chi connectivity index (χ2n) is 4.54. The van der Waals surface area contributed by atoms with Crippen LogP contribution in [0, 0.1) is 0 Å². The summed E-state index contributed by atoms with van der Waals surface area (Å²) in [6, 6.07) is -0.0412. The first-order valence-corrected chi connectivity index (χ1v) is 8.36. The molecule has 0 saturated carbocycles. The van der Waals surface area contributed by atoms with Crippen molar-refractivity contribution in [2.45, 2.75) is 44.9 Å². The molecule has 0 spiro atoms. The maximum atomic E-state index is 11.6. The number of hydrogen-bond acceptors (Lipinski definition) is 3. The Morgan fingerprint density at radius 2 is 2.08 bits per heavy atom. The SMILES string of the molecule is C[Si](C)(C)OC(=O)C1CCCCN1. The van der Waals surface area contributed by atoms with E-state index < -0.39 is 8.32 Å². The van der Waals surface area contributed by atoms with E-state index >= 15 is 0 Å². The fraction of sp³-hybridized carbons (Fsp3) is 0.889. The fourth-order valence-electron chi connectivity index (χ4n) is 1.43. The summed E-state index contributed by atoms with van der Waals surface area (Å²) in [6.45, 7) is 7.06. The third-order valence-corrected chi connectivity index (χ3v) is 2.82. The summed E-state index contributed by atoms with van der Waals surface area (Å²) in [4.78, 5) is 11.6. The molecule has 1 fully saturated rings. The molecule has 13 heavy (non-hydrogen) atoms. The zero-order valence-electron chi connectivity index (χ0n) is 8.72. The minimum absolute atomic E-state index is 0.0412. The van der Waals surface area contributed by atoms with Crippen molar-refractivity contribution in [1.29, 1.82) is 0 Å². The van der Waals surface area contributed by atoms with E-state index in [0.29, 0.717) is 0 Å². The topological polar surface area (TPSA) is 38.3 Å². The molecule has 1 unspecified atom stereocenters. The van der Waals surface area contributed by atoms with Crippen LogP contribution in [0.25, 0.3) is 0 Å². The van der Waals surface area contributed by atoms with Crippen molar-refractivity contribution < 1.29 is 9.22 Å². The lowest BCUT2D eigenvalue weighted by molar-refractivity contribution is -0.138. The predicted octanol–water partition coefficient (Wildman–Crippen LogP) is 1.51. The fourth-order valence-corrected chi connectivity index (χ4v) is 2.17. The highest BCUT2D eigenvalue weighted by atomic mass is 28.4. The van der Waals surface area contributed by atoms with E-state index in [1.807, 2.05) is 19.6 Å². The Balaban J connectivity index is 2.38. The Labute approximate surface area is 81.0 Å². The molecule has 1 heterocycles. The molecule has 1 rings (SSSR count). The zero-order valence-corrected chi connectivity index (χ0v) is 9.72. The maximum Gasteiger partial charge on any atom is 0.309 e. The summed E-state index contributed by atoms with van der Waals surface area (Å²) in [6.07, 6.45) is 3.25. The summed E-state index contributed by atoms with van der Waals surface area (Å²) in [5.41, 5.74) is 0. The van der Waals surface area contributed by atoms with Gasteiger partial charge in [-0.05, 0) is 39.0 Å². The van der Waals surface area contributed by atoms with Crippen LogP contribution in [0.1, 0.15) is 19.3 Å². The average Bonchev–Trinajstić information content (AvgIpc) is 2.03. The van der Waals surface area contributed by atoms with Crippen LogP contribution in [0.5, 0.6) is 0 Å². The second-order valence-corrected chi connectivity index (χ2v) is 8.96. The Bertz CT molecular complexity index is 183. The third kappa shape index (κ3) is 3.91. The van der Waals surface area contributed by atoms with Crippen molar-refractivity contribution in [3.05, 3.63) is 0 Å². The zero-order chi connectivity index (χ0) is 9.90. The first kappa shape index (κ1) is 10.7. The van der Waals surface area contributed by atoms with Gasteiger partial charge < -0.3 is 9.74 Å². The van der Waals surface area contributed by atoms with E-state index in [1.165, 1.54) is 6.42 Å². The number of rotatable bonds is 2. The van der Waals surface area contributed by atoms with E-state index in [0.717, 1.165) is 19.4 Å². The normalized spacial score (nSPS) is 24.1. The van der Waals surface area contributed by atoms with Gasteiger partial charge in [-0.1, -0.05) is 6.42 Å². The molecule has 1 aliphatic heterocycles. The van der Waals surface area contributed by atoms with Crippen LogP contribution >= 0.6 is 0 Å². The average molecular weight is 201 g/mol. The van der Waals surface area contributed by atoms with Gasteiger partial charge in [-0.3, -0.25) is 4.79 Å². The van der Waals surface area contributed by atoms with Crippen LogP contribution in [-0.4, -0.2) is 26.9 Å². The molecule has 3 nitrogen and oxygen atoms in total. The van der Waals surface area contributed by atoms with Gasteiger partial charge in [0.15, 0.2) is 0 Å². The van der Waals surface area contributed by atoms with Gasteiger partial charge in [0.1, 0.15) is 6.04 Å². The summed E-state index contributed by atoms with van der Waals surface area (Å²) < 4.78 is 5.41. The van der Waals surface area contributed by atoms with E-state index in [-0.39, 0.29) is 12.0 Å². The molecule has 0 aromatic carbocycles. The number of carbonyl (C=O) groups excluding carboxylic acids is 1. The molecule has 0 aliphatic carbocycles. The molecule has 76 valence electrons. The smallest absolute Gasteiger partial charge is 0.309 e. The van der Waals surface area contributed by atoms with Gasteiger partial charge >= 0.3 is 5.97 Å². The van der Waals surface area contributed by atoms with Crippen molar-refractivity contribution in [3.8, 4) is 0 Å². The lowest BCUT2D eigenvalue weighted by Gasteiger charge is -2.26. The highest BCUT2D eigenvalue weighted by Gasteiger charge is 2.27. The monoisotopic (exact) mass is 201 g/mol. The minimum Gasteiger partial charge on any atom is -0.519 e. The van der Waals surface area contributed by atoms with E-state index in [2.05, 4.69) is 5.32 Å². The molecule has 0 radical (unpaired) electrons. The van der Waals surface area contributed by atoms with Crippen LogP contribution in [0.2, 0.25) is 19.6 Å². The predicted molar refractivity (Wildman–Crippen MR) is 55.1 cm³/mol. The van der Waals surface area contributed by atoms with Crippen molar-refractivity contribution in [2.75, 3.05) is 6.54 Å². The molecule has 1 saturated heterocycles. The maximum absolute atomic E-state index is 11.6. The molecule has 1 aliphatic rings. The molecule has 4 heteroatoms. The lowest BCUT2D eigenvalue weighted by atomic mass is 10.1. The van der Waals surface area contributed by atoms with E-state index in [4.69, 9.17) is 4.43 Å². The first-order valence-electron chi connectivity index (χ1n) is 4.95. The molecule has 1 N–H and O–H groups in total. The van der Waals surface area contributed by atoms with Crippen molar-refractivity contribution in [2.24, 2.45) is 0 Å². The standard InChI is InChI=1S/C9H19NO2Si/c1-13(2,3)12-9(11)8-6-4-5-7-10-8/h8,10H,4-7H2,1-3H3. The highest BCUT2D eigenvalue weighted by Crippen LogP contribution is 2.11. The molecule has 0 amide bonds. The highest BCUT2D eigenvalue weighted by molar-refractivity contribution is 6.71. The van der Waals surface area contributed by atoms with Crippen LogP contribution < -0.4 is 5.32 Å². The Kier molecular flexibility index (Phi) is 3.50. The van der Waals surface area contributed by atoms with Crippen LogP contribution in [0.4, 0.5) is 0 Å². The molecule has 0 bridgehead atoms. The summed E-state index contributed by atoms with van der Waals surface area (Å²) >= 11 is 0. The largest absolute Gasteiger partial charge is 0.519 e. The summed E-state index contributed by atoms with van der Waals surface area (Å²) in [7, 11) is -1.69. The third-order valence-electron chi connectivity index (χ3n) is 2.00. The Morgan fingerprint density at radius 3 is 2.54 bits per heavy atom. The molecule has 0 aromatic rings. The number of hydrogen-bond donors (Lipinski definition) is 1. The second kappa shape index (κ2) is 4.24. The number of nitrogens with one attached hydrogen (secondary N) is 1. The number of carbonyl (C=O) groups is 1. The van der Waals surface area contributed by atoms with E-state index in [9.17, 15) is 4.79 Å². The lowest BCUT2D eigenvalue weighted by Crippen LogP contribution is -2.45. The van der Waals surface area contributed by atoms with Crippen molar-refractivity contribution >= 4 is 14.3 Å². The Morgan fingerprint density at radius 1 is 1.38 bits per heavy atom. The van der Waals surface area contributed by atoms with Gasteiger partial charge in [-0.15, -0.1) is 0 Å². The number of piperidine rings is 1. The molecule has 1 atom stereocenters. The molecular weight excluding hydrogens is 182 g/mol. The molecular formula is C9H19NO2Si. The van der Waals surface area contributed by atoms with E-state index in [1.54, 1.807) is 0 Å². The quantitative estimate of drug-likeness (QED) is 0.688. The van der Waals surface area contributed by atoms with Gasteiger partial charge in [0, 0.05) is 0 Å². The Hall–Kier alpha value is -0.353. The van der Waals surface area contributed by atoms with Gasteiger partial charge in [-0.2, -0.15) is 0 Å². The van der Waals surface area contributed by atoms with Crippen molar-refractivity contribution in [3.63, 3.8) is 0 Å². The van der Waals surface area contributed by atoms with Gasteiger partial charge in [0.25, 0.3) is 0 Å². The van der Waals surface area contributed by atoms with Crippen LogP contribution in [0.15, 0.2) is 0 Å². The first-order chi connectivity index (χ1) is 5.99. The van der Waals surface area contributed by atoms with Crippen LogP contribution in [0.3, 0.4) is 0 Å².